The Kier molecular flexibility index (Phi) is 3.49. The fourth-order valence-corrected chi connectivity index (χ4v) is 4.19. The van der Waals surface area contributed by atoms with E-state index in [0.29, 0.717) is 0 Å². The Morgan fingerprint density at radius 1 is 1.09 bits per heavy atom. The standard InChI is InChI=1S/C19H19N3S/c1-3-19(4-2)11-13-9-10-23-18(13)17(22-19)16-12-20-14-7-5-6-8-15(14)21-16/h5-10,12H,3-4,11H2,1-2H3. The van der Waals surface area contributed by atoms with E-state index < -0.39 is 0 Å². The SMILES string of the molecule is CCC1(CC)Cc2ccsc2C(c2cnc3ccccc3n2)=N1. The molecule has 1 aliphatic rings. The normalized spacial score (nSPS) is 16.2. The maximum atomic E-state index is 5.17. The van der Waals surface area contributed by atoms with E-state index in [4.69, 9.17) is 9.98 Å². The molecule has 0 fully saturated rings. The van der Waals surface area contributed by atoms with Crippen LogP contribution < -0.4 is 0 Å². The highest BCUT2D eigenvalue weighted by Gasteiger charge is 2.33. The van der Waals surface area contributed by atoms with E-state index in [1.165, 1.54) is 10.4 Å². The molecule has 0 amide bonds. The van der Waals surface area contributed by atoms with Gasteiger partial charge in [-0.1, -0.05) is 26.0 Å². The number of aliphatic imine (C=N–C) groups is 1. The quantitative estimate of drug-likeness (QED) is 0.704. The molecule has 0 unspecified atom stereocenters. The molecule has 3 aromatic rings. The number of benzene rings is 1. The van der Waals surface area contributed by atoms with Gasteiger partial charge >= 0.3 is 0 Å². The fourth-order valence-electron chi connectivity index (χ4n) is 3.27. The first-order valence-electron chi connectivity index (χ1n) is 8.13. The largest absolute Gasteiger partial charge is 0.275 e. The van der Waals surface area contributed by atoms with Crippen molar-refractivity contribution in [2.45, 2.75) is 38.6 Å². The number of nitrogens with zero attached hydrogens (tertiary/aromatic N) is 3. The molecule has 0 radical (unpaired) electrons. The molecule has 0 saturated heterocycles. The second-order valence-electron chi connectivity index (χ2n) is 6.09. The maximum Gasteiger partial charge on any atom is 0.109 e. The average Bonchev–Trinajstić information content (AvgIpc) is 3.08. The van der Waals surface area contributed by atoms with Crippen LogP contribution in [0.1, 0.15) is 42.8 Å². The maximum absolute atomic E-state index is 5.17. The van der Waals surface area contributed by atoms with E-state index in [1.807, 2.05) is 30.5 Å². The van der Waals surface area contributed by atoms with Crippen molar-refractivity contribution in [1.29, 1.82) is 0 Å². The van der Waals surface area contributed by atoms with Gasteiger partial charge in [0.05, 0.1) is 27.6 Å². The third kappa shape index (κ3) is 2.38. The predicted octanol–water partition coefficient (Wildman–Crippen LogP) is 4.64. The molecule has 1 aliphatic heterocycles. The number of fused-ring (bicyclic) bond motifs is 2. The topological polar surface area (TPSA) is 38.1 Å². The molecular weight excluding hydrogens is 302 g/mol. The van der Waals surface area contributed by atoms with Gasteiger partial charge in [-0.15, -0.1) is 11.3 Å². The fraction of sp³-hybridized carbons (Fsp3) is 0.316. The third-order valence-electron chi connectivity index (χ3n) is 4.84. The summed E-state index contributed by atoms with van der Waals surface area (Å²) >= 11 is 1.76. The zero-order valence-electron chi connectivity index (χ0n) is 13.4. The molecule has 0 saturated carbocycles. The van der Waals surface area contributed by atoms with Crippen LogP contribution in [0.25, 0.3) is 11.0 Å². The van der Waals surface area contributed by atoms with Gasteiger partial charge in [0.2, 0.25) is 0 Å². The van der Waals surface area contributed by atoms with Crippen molar-refractivity contribution in [3.63, 3.8) is 0 Å². The summed E-state index contributed by atoms with van der Waals surface area (Å²) < 4.78 is 0. The van der Waals surface area contributed by atoms with Gasteiger partial charge in [0.25, 0.3) is 0 Å². The van der Waals surface area contributed by atoms with E-state index in [0.717, 1.165) is 41.7 Å². The lowest BCUT2D eigenvalue weighted by molar-refractivity contribution is 0.393. The number of hydrogen-bond acceptors (Lipinski definition) is 4. The van der Waals surface area contributed by atoms with Crippen molar-refractivity contribution in [3.05, 3.63) is 58.0 Å². The molecule has 116 valence electrons. The van der Waals surface area contributed by atoms with Crippen molar-refractivity contribution in [2.24, 2.45) is 4.99 Å². The summed E-state index contributed by atoms with van der Waals surface area (Å²) in [6.45, 7) is 4.46. The van der Waals surface area contributed by atoms with Gasteiger partial charge < -0.3 is 0 Å². The molecule has 0 spiro atoms. The van der Waals surface area contributed by atoms with E-state index in [1.54, 1.807) is 11.3 Å². The molecule has 0 N–H and O–H groups in total. The average molecular weight is 321 g/mol. The van der Waals surface area contributed by atoms with Crippen molar-refractivity contribution < 1.29 is 0 Å². The van der Waals surface area contributed by atoms with Gasteiger partial charge in [0.1, 0.15) is 11.4 Å². The van der Waals surface area contributed by atoms with E-state index in [9.17, 15) is 0 Å². The van der Waals surface area contributed by atoms with E-state index >= 15 is 0 Å². The lowest BCUT2D eigenvalue weighted by Crippen LogP contribution is -2.33. The lowest BCUT2D eigenvalue weighted by Gasteiger charge is -2.32. The van der Waals surface area contributed by atoms with Crippen LogP contribution in [-0.2, 0) is 6.42 Å². The Hall–Kier alpha value is -2.07. The molecule has 0 atom stereocenters. The molecule has 4 heteroatoms. The van der Waals surface area contributed by atoms with Gasteiger partial charge in [0, 0.05) is 0 Å². The van der Waals surface area contributed by atoms with Crippen molar-refractivity contribution in [1.82, 2.24) is 9.97 Å². The second-order valence-corrected chi connectivity index (χ2v) is 7.00. The summed E-state index contributed by atoms with van der Waals surface area (Å²) in [6, 6.07) is 10.2. The monoisotopic (exact) mass is 321 g/mol. The summed E-state index contributed by atoms with van der Waals surface area (Å²) in [4.78, 5) is 15.8. The first kappa shape index (κ1) is 14.5. The van der Waals surface area contributed by atoms with E-state index in [2.05, 4.69) is 30.3 Å². The minimum absolute atomic E-state index is 0.00324. The Balaban J connectivity index is 1.91. The molecule has 0 bridgehead atoms. The van der Waals surface area contributed by atoms with Crippen molar-refractivity contribution >= 4 is 28.1 Å². The number of thiophene rings is 1. The Morgan fingerprint density at radius 2 is 1.87 bits per heavy atom. The zero-order chi connectivity index (χ0) is 15.9. The van der Waals surface area contributed by atoms with Gasteiger partial charge in [-0.05, 0) is 48.4 Å². The molecular formula is C19H19N3S. The Morgan fingerprint density at radius 3 is 2.65 bits per heavy atom. The van der Waals surface area contributed by atoms with Crippen LogP contribution in [-0.4, -0.2) is 21.2 Å². The van der Waals surface area contributed by atoms with Crippen LogP contribution in [0.3, 0.4) is 0 Å². The summed E-state index contributed by atoms with van der Waals surface area (Å²) in [7, 11) is 0. The molecule has 3 heterocycles. The molecule has 23 heavy (non-hydrogen) atoms. The van der Waals surface area contributed by atoms with E-state index in [-0.39, 0.29) is 5.54 Å². The minimum atomic E-state index is -0.00324. The summed E-state index contributed by atoms with van der Waals surface area (Å²) in [5, 5.41) is 2.16. The van der Waals surface area contributed by atoms with Crippen LogP contribution in [0.4, 0.5) is 0 Å². The highest BCUT2D eigenvalue weighted by molar-refractivity contribution is 7.12. The van der Waals surface area contributed by atoms with Gasteiger partial charge in [-0.25, -0.2) is 4.98 Å². The zero-order valence-corrected chi connectivity index (χ0v) is 14.2. The second kappa shape index (κ2) is 5.53. The number of rotatable bonds is 3. The number of para-hydroxylation sites is 2. The minimum Gasteiger partial charge on any atom is -0.275 e. The highest BCUT2D eigenvalue weighted by atomic mass is 32.1. The molecule has 4 rings (SSSR count). The molecule has 3 nitrogen and oxygen atoms in total. The van der Waals surface area contributed by atoms with Crippen LogP contribution in [0.5, 0.6) is 0 Å². The van der Waals surface area contributed by atoms with Gasteiger partial charge in [-0.3, -0.25) is 9.98 Å². The van der Waals surface area contributed by atoms with Crippen molar-refractivity contribution in [2.75, 3.05) is 0 Å². The molecule has 2 aromatic heterocycles. The first-order chi connectivity index (χ1) is 11.2. The summed E-state index contributed by atoms with van der Waals surface area (Å²) in [5.74, 6) is 0. The number of hydrogen-bond donors (Lipinski definition) is 0. The van der Waals surface area contributed by atoms with Crippen molar-refractivity contribution in [3.8, 4) is 0 Å². The van der Waals surface area contributed by atoms with Gasteiger partial charge in [-0.2, -0.15) is 0 Å². The van der Waals surface area contributed by atoms with Crippen LogP contribution in [0.15, 0.2) is 46.9 Å². The van der Waals surface area contributed by atoms with Crippen LogP contribution in [0, 0.1) is 0 Å². The smallest absolute Gasteiger partial charge is 0.109 e. The Labute approximate surface area is 140 Å². The number of aromatic nitrogens is 2. The predicted molar refractivity (Wildman–Crippen MR) is 96.5 cm³/mol. The highest BCUT2D eigenvalue weighted by Crippen LogP contribution is 2.36. The van der Waals surface area contributed by atoms with Gasteiger partial charge in [0.15, 0.2) is 0 Å². The van der Waals surface area contributed by atoms with Crippen LogP contribution >= 0.6 is 11.3 Å². The summed E-state index contributed by atoms with van der Waals surface area (Å²) in [5.41, 5.74) is 5.16. The molecule has 0 aliphatic carbocycles. The lowest BCUT2D eigenvalue weighted by atomic mass is 9.83. The van der Waals surface area contributed by atoms with Crippen LogP contribution in [0.2, 0.25) is 0 Å². The molecule has 1 aromatic carbocycles. The third-order valence-corrected chi connectivity index (χ3v) is 5.80. The first-order valence-corrected chi connectivity index (χ1v) is 9.01. The summed E-state index contributed by atoms with van der Waals surface area (Å²) in [6.07, 6.45) is 4.99. The Bertz CT molecular complexity index is 890.